The van der Waals surface area contributed by atoms with E-state index in [0.29, 0.717) is 0 Å². The molecule has 0 radical (unpaired) electrons. The largest absolute Gasteiger partial charge is 0.366 e. The molecule has 1 amide bonds. The second kappa shape index (κ2) is 3.90. The summed E-state index contributed by atoms with van der Waals surface area (Å²) < 4.78 is 0. The number of hydrogen-bond donors (Lipinski definition) is 1. The van der Waals surface area contributed by atoms with Crippen LogP contribution in [0.3, 0.4) is 0 Å². The van der Waals surface area contributed by atoms with Crippen molar-refractivity contribution in [2.75, 3.05) is 0 Å². The summed E-state index contributed by atoms with van der Waals surface area (Å²) in [5.41, 5.74) is 7.21. The number of nitrogens with two attached hydrogens (primary N) is 1. The van der Waals surface area contributed by atoms with Crippen LogP contribution < -0.4 is 5.73 Å². The molecule has 0 fully saturated rings. The monoisotopic (exact) mass is 109 g/mol. The molecule has 0 saturated heterocycles. The topological polar surface area (TPSA) is 43.1 Å². The SMILES string of the molecule is C=CC=C=CC(N)=O. The van der Waals surface area contributed by atoms with Crippen LogP contribution in [0.25, 0.3) is 0 Å². The predicted octanol–water partition coefficient (Wildman–Crippen LogP) is 0.369. The summed E-state index contributed by atoms with van der Waals surface area (Å²) in [6.07, 6.45) is 4.16. The lowest BCUT2D eigenvalue weighted by atomic mass is 10.5. The van der Waals surface area contributed by atoms with Crippen LogP contribution in [0.2, 0.25) is 0 Å². The van der Waals surface area contributed by atoms with Gasteiger partial charge in [0.25, 0.3) is 0 Å². The van der Waals surface area contributed by atoms with Gasteiger partial charge in [-0.05, 0) is 6.08 Å². The van der Waals surface area contributed by atoms with Gasteiger partial charge in [-0.25, -0.2) is 0 Å². The number of allylic oxidation sites excluding steroid dienone is 1. The van der Waals surface area contributed by atoms with Gasteiger partial charge in [0, 0.05) is 6.08 Å². The lowest BCUT2D eigenvalue weighted by molar-refractivity contribution is -0.113. The van der Waals surface area contributed by atoms with Crippen molar-refractivity contribution in [2.24, 2.45) is 5.73 Å². The average Bonchev–Trinajstić information content (AvgIpc) is 1.66. The Hall–Kier alpha value is -1.27. The molecule has 0 spiro atoms. The van der Waals surface area contributed by atoms with Crippen LogP contribution in [0, 0.1) is 0 Å². The fraction of sp³-hybridized carbons (Fsp3) is 0. The Bertz CT molecular complexity index is 152. The van der Waals surface area contributed by atoms with Gasteiger partial charge >= 0.3 is 0 Å². The molecular formula is C6H7NO. The molecule has 0 rings (SSSR count). The van der Waals surface area contributed by atoms with Crippen molar-refractivity contribution in [3.63, 3.8) is 0 Å². The van der Waals surface area contributed by atoms with E-state index >= 15 is 0 Å². The van der Waals surface area contributed by atoms with Gasteiger partial charge in [0.05, 0.1) is 0 Å². The first-order chi connectivity index (χ1) is 3.77. The number of rotatable bonds is 2. The summed E-state index contributed by atoms with van der Waals surface area (Å²) in [7, 11) is 0. The van der Waals surface area contributed by atoms with Crippen molar-refractivity contribution < 1.29 is 4.79 Å². The van der Waals surface area contributed by atoms with Gasteiger partial charge < -0.3 is 5.73 Å². The molecule has 0 aliphatic heterocycles. The molecule has 2 heteroatoms. The third-order valence-corrected chi connectivity index (χ3v) is 0.440. The van der Waals surface area contributed by atoms with Gasteiger partial charge in [-0.3, -0.25) is 4.79 Å². The highest BCUT2D eigenvalue weighted by atomic mass is 16.1. The molecule has 0 aliphatic rings. The van der Waals surface area contributed by atoms with E-state index in [2.05, 4.69) is 12.3 Å². The van der Waals surface area contributed by atoms with Crippen LogP contribution in [0.5, 0.6) is 0 Å². The number of amides is 1. The van der Waals surface area contributed by atoms with Gasteiger partial charge in [0.2, 0.25) is 5.91 Å². The van der Waals surface area contributed by atoms with E-state index in [0.717, 1.165) is 6.08 Å². The molecule has 2 N–H and O–H groups in total. The molecule has 0 unspecified atom stereocenters. The first-order valence-corrected chi connectivity index (χ1v) is 2.10. The molecule has 0 heterocycles. The van der Waals surface area contributed by atoms with Gasteiger partial charge in [-0.1, -0.05) is 12.7 Å². The fourth-order valence-corrected chi connectivity index (χ4v) is 0.198. The van der Waals surface area contributed by atoms with E-state index in [-0.39, 0.29) is 0 Å². The highest BCUT2D eigenvalue weighted by Gasteiger charge is 1.73. The second-order valence-corrected chi connectivity index (χ2v) is 1.12. The van der Waals surface area contributed by atoms with E-state index in [1.54, 1.807) is 0 Å². The molecule has 0 aromatic rings. The van der Waals surface area contributed by atoms with Crippen molar-refractivity contribution >= 4 is 5.91 Å². The zero-order valence-corrected chi connectivity index (χ0v) is 4.42. The molecule has 2 nitrogen and oxygen atoms in total. The summed E-state index contributed by atoms with van der Waals surface area (Å²) >= 11 is 0. The molecule has 0 saturated carbocycles. The maximum atomic E-state index is 9.92. The zero-order chi connectivity index (χ0) is 6.41. The summed E-state index contributed by atoms with van der Waals surface area (Å²) in [5, 5.41) is 0. The first-order valence-electron chi connectivity index (χ1n) is 2.10. The van der Waals surface area contributed by atoms with Crippen molar-refractivity contribution in [3.8, 4) is 0 Å². The minimum atomic E-state index is -0.497. The molecule has 0 aromatic heterocycles. The smallest absolute Gasteiger partial charge is 0.249 e. The Morgan fingerprint density at radius 2 is 2.38 bits per heavy atom. The van der Waals surface area contributed by atoms with Gasteiger partial charge in [0.1, 0.15) is 0 Å². The minimum absolute atomic E-state index is 0.497. The second-order valence-electron chi connectivity index (χ2n) is 1.12. The summed E-state index contributed by atoms with van der Waals surface area (Å²) in [5.74, 6) is -0.497. The molecule has 42 valence electrons. The third kappa shape index (κ3) is 4.73. The van der Waals surface area contributed by atoms with Gasteiger partial charge in [0.15, 0.2) is 0 Å². The molecule has 0 bridgehead atoms. The Morgan fingerprint density at radius 3 is 2.75 bits per heavy atom. The van der Waals surface area contributed by atoms with Crippen LogP contribution in [-0.4, -0.2) is 5.91 Å². The van der Waals surface area contributed by atoms with Crippen LogP contribution in [-0.2, 0) is 4.79 Å². The Labute approximate surface area is 48.0 Å². The first kappa shape index (κ1) is 6.73. The van der Waals surface area contributed by atoms with Crippen LogP contribution >= 0.6 is 0 Å². The van der Waals surface area contributed by atoms with Crippen LogP contribution in [0.15, 0.2) is 30.5 Å². The van der Waals surface area contributed by atoms with Gasteiger partial charge in [-0.15, -0.1) is 5.73 Å². The minimum Gasteiger partial charge on any atom is -0.366 e. The van der Waals surface area contributed by atoms with Crippen molar-refractivity contribution in [1.29, 1.82) is 0 Å². The van der Waals surface area contributed by atoms with Crippen molar-refractivity contribution in [2.45, 2.75) is 0 Å². The standard InChI is InChI=1S/C6H7NO/c1-2-3-4-5-6(7)8/h2-3,5H,1H2,(H2,7,8). The normalized spacial score (nSPS) is 6.50. The van der Waals surface area contributed by atoms with E-state index in [9.17, 15) is 4.79 Å². The molecule has 0 aromatic carbocycles. The number of carbonyl (C=O) groups is 1. The van der Waals surface area contributed by atoms with E-state index in [1.807, 2.05) is 0 Å². The number of primary amides is 1. The third-order valence-electron chi connectivity index (χ3n) is 0.440. The lowest BCUT2D eigenvalue weighted by Gasteiger charge is -1.68. The number of carbonyl (C=O) groups excluding carboxylic acids is 1. The molecule has 0 atom stereocenters. The van der Waals surface area contributed by atoms with Crippen LogP contribution in [0.1, 0.15) is 0 Å². The quantitative estimate of drug-likeness (QED) is 0.310. The van der Waals surface area contributed by atoms with E-state index in [1.165, 1.54) is 12.2 Å². The molecule has 8 heavy (non-hydrogen) atoms. The Balaban J connectivity index is 3.82. The maximum absolute atomic E-state index is 9.92. The van der Waals surface area contributed by atoms with Crippen LogP contribution in [0.4, 0.5) is 0 Å². The lowest BCUT2D eigenvalue weighted by Crippen LogP contribution is -2.04. The van der Waals surface area contributed by atoms with Crippen molar-refractivity contribution in [3.05, 3.63) is 30.5 Å². The zero-order valence-electron chi connectivity index (χ0n) is 4.42. The Kier molecular flexibility index (Phi) is 3.28. The fourth-order valence-electron chi connectivity index (χ4n) is 0.198. The summed E-state index contributed by atoms with van der Waals surface area (Å²) in [6.45, 7) is 3.37. The molecule has 0 aliphatic carbocycles. The predicted molar refractivity (Wildman–Crippen MR) is 32.0 cm³/mol. The molecular weight excluding hydrogens is 102 g/mol. The maximum Gasteiger partial charge on any atom is 0.249 e. The Morgan fingerprint density at radius 1 is 1.75 bits per heavy atom. The van der Waals surface area contributed by atoms with E-state index in [4.69, 9.17) is 5.73 Å². The number of hydrogen-bond acceptors (Lipinski definition) is 1. The highest BCUT2D eigenvalue weighted by molar-refractivity contribution is 5.85. The van der Waals surface area contributed by atoms with E-state index < -0.39 is 5.91 Å². The van der Waals surface area contributed by atoms with Gasteiger partial charge in [-0.2, -0.15) is 0 Å². The van der Waals surface area contributed by atoms with Crippen molar-refractivity contribution in [1.82, 2.24) is 0 Å². The average molecular weight is 109 g/mol. The highest BCUT2D eigenvalue weighted by Crippen LogP contribution is 1.65. The summed E-state index contributed by atoms with van der Waals surface area (Å²) in [4.78, 5) is 9.92. The summed E-state index contributed by atoms with van der Waals surface area (Å²) in [6, 6.07) is 0.